The standard InChI is InChI=1S/C23H23N5O2/c1-16-19(17(2)28(25-16)18-9-5-4-6-10-18)14-26(3)23(30)15-27-21-12-8-7-11-20(21)24-13-22(27)29/h4-13H,14-15H2,1-3H3. The highest BCUT2D eigenvalue weighted by atomic mass is 16.2. The molecule has 4 aromatic rings. The lowest BCUT2D eigenvalue weighted by molar-refractivity contribution is -0.131. The maximum Gasteiger partial charge on any atom is 0.269 e. The summed E-state index contributed by atoms with van der Waals surface area (Å²) in [7, 11) is 1.75. The molecule has 7 nitrogen and oxygen atoms in total. The fraction of sp³-hybridized carbons (Fsp3) is 0.217. The highest BCUT2D eigenvalue weighted by Gasteiger charge is 2.18. The molecule has 2 aromatic carbocycles. The first-order valence-corrected chi connectivity index (χ1v) is 9.75. The Morgan fingerprint density at radius 2 is 1.73 bits per heavy atom. The van der Waals surface area contributed by atoms with Gasteiger partial charge >= 0.3 is 0 Å². The van der Waals surface area contributed by atoms with E-state index >= 15 is 0 Å². The van der Waals surface area contributed by atoms with Crippen LogP contribution < -0.4 is 5.56 Å². The van der Waals surface area contributed by atoms with E-state index in [1.165, 1.54) is 10.8 Å². The molecule has 0 N–H and O–H groups in total. The summed E-state index contributed by atoms with van der Waals surface area (Å²) in [6.45, 7) is 4.33. The van der Waals surface area contributed by atoms with Crippen molar-refractivity contribution in [3.8, 4) is 5.69 Å². The third-order valence-electron chi connectivity index (χ3n) is 5.31. The summed E-state index contributed by atoms with van der Waals surface area (Å²) < 4.78 is 3.36. The van der Waals surface area contributed by atoms with E-state index < -0.39 is 0 Å². The van der Waals surface area contributed by atoms with Crippen LogP contribution in [0.4, 0.5) is 0 Å². The SMILES string of the molecule is Cc1nn(-c2ccccc2)c(C)c1CN(C)C(=O)Cn1c(=O)cnc2ccccc21. The Balaban J connectivity index is 1.58. The highest BCUT2D eigenvalue weighted by molar-refractivity contribution is 5.80. The average Bonchev–Trinajstić information content (AvgIpc) is 3.04. The molecule has 0 spiro atoms. The van der Waals surface area contributed by atoms with Crippen LogP contribution in [0, 0.1) is 13.8 Å². The number of hydrogen-bond acceptors (Lipinski definition) is 4. The van der Waals surface area contributed by atoms with Crippen molar-refractivity contribution in [2.75, 3.05) is 7.05 Å². The molecule has 0 bridgehead atoms. The van der Waals surface area contributed by atoms with Crippen LogP contribution in [0.5, 0.6) is 0 Å². The largest absolute Gasteiger partial charge is 0.340 e. The zero-order chi connectivity index (χ0) is 21.3. The molecule has 0 saturated heterocycles. The van der Waals surface area contributed by atoms with Gasteiger partial charge in [0, 0.05) is 24.8 Å². The molecule has 2 aromatic heterocycles. The Hall–Kier alpha value is -3.74. The number of carbonyl (C=O) groups excluding carboxylic acids is 1. The fourth-order valence-electron chi connectivity index (χ4n) is 3.58. The molecular formula is C23H23N5O2. The second kappa shape index (κ2) is 7.94. The average molecular weight is 401 g/mol. The molecule has 0 unspecified atom stereocenters. The van der Waals surface area contributed by atoms with Crippen LogP contribution in [0.1, 0.15) is 17.0 Å². The van der Waals surface area contributed by atoms with Crippen molar-refractivity contribution in [1.82, 2.24) is 24.2 Å². The lowest BCUT2D eigenvalue weighted by Crippen LogP contribution is -2.34. The second-order valence-corrected chi connectivity index (χ2v) is 7.32. The Morgan fingerprint density at radius 1 is 1.03 bits per heavy atom. The monoisotopic (exact) mass is 401 g/mol. The van der Waals surface area contributed by atoms with Crippen LogP contribution in [-0.2, 0) is 17.9 Å². The Kier molecular flexibility index (Phi) is 5.18. The molecule has 0 atom stereocenters. The summed E-state index contributed by atoms with van der Waals surface area (Å²) in [4.78, 5) is 31.0. The lowest BCUT2D eigenvalue weighted by Gasteiger charge is -2.19. The van der Waals surface area contributed by atoms with Crippen LogP contribution in [0.25, 0.3) is 16.7 Å². The van der Waals surface area contributed by atoms with Crippen molar-refractivity contribution in [1.29, 1.82) is 0 Å². The first-order valence-electron chi connectivity index (χ1n) is 9.75. The van der Waals surface area contributed by atoms with Gasteiger partial charge in [0.15, 0.2) is 0 Å². The van der Waals surface area contributed by atoms with E-state index in [-0.39, 0.29) is 18.0 Å². The Morgan fingerprint density at radius 3 is 2.50 bits per heavy atom. The van der Waals surface area contributed by atoms with Crippen LogP contribution >= 0.6 is 0 Å². The minimum absolute atomic E-state index is 0.0384. The normalized spacial score (nSPS) is 11.0. The maximum absolute atomic E-state index is 12.9. The molecular weight excluding hydrogens is 378 g/mol. The summed E-state index contributed by atoms with van der Waals surface area (Å²) in [5.74, 6) is -0.153. The molecule has 0 aliphatic rings. The number of hydrogen-bond donors (Lipinski definition) is 0. The number of likely N-dealkylation sites (N-methyl/N-ethyl adjacent to an activating group) is 1. The van der Waals surface area contributed by atoms with Gasteiger partial charge in [-0.05, 0) is 38.1 Å². The van der Waals surface area contributed by atoms with Crippen molar-refractivity contribution in [3.05, 3.63) is 88.1 Å². The number of rotatable bonds is 5. The van der Waals surface area contributed by atoms with Gasteiger partial charge in [-0.1, -0.05) is 30.3 Å². The van der Waals surface area contributed by atoms with Gasteiger partial charge in [-0.15, -0.1) is 0 Å². The van der Waals surface area contributed by atoms with Crippen molar-refractivity contribution < 1.29 is 4.79 Å². The molecule has 0 fully saturated rings. The van der Waals surface area contributed by atoms with Crippen molar-refractivity contribution in [2.45, 2.75) is 26.9 Å². The first kappa shape index (κ1) is 19.6. The number of para-hydroxylation sites is 3. The maximum atomic E-state index is 12.9. The van der Waals surface area contributed by atoms with E-state index in [0.29, 0.717) is 17.6 Å². The lowest BCUT2D eigenvalue weighted by atomic mass is 10.2. The second-order valence-electron chi connectivity index (χ2n) is 7.32. The van der Waals surface area contributed by atoms with Gasteiger partial charge in [-0.3, -0.25) is 14.2 Å². The molecule has 0 aliphatic carbocycles. The Labute approximate surface area is 174 Å². The molecule has 4 rings (SSSR count). The van der Waals surface area contributed by atoms with E-state index in [0.717, 1.165) is 22.6 Å². The summed E-state index contributed by atoms with van der Waals surface area (Å²) in [5, 5.41) is 4.65. The van der Waals surface area contributed by atoms with Crippen LogP contribution in [-0.4, -0.2) is 37.2 Å². The van der Waals surface area contributed by atoms with E-state index in [2.05, 4.69) is 10.1 Å². The molecule has 0 radical (unpaired) electrons. The molecule has 0 aliphatic heterocycles. The first-order chi connectivity index (χ1) is 14.5. The van der Waals surface area contributed by atoms with Gasteiger partial charge in [-0.25, -0.2) is 9.67 Å². The van der Waals surface area contributed by atoms with E-state index in [9.17, 15) is 9.59 Å². The van der Waals surface area contributed by atoms with E-state index in [4.69, 9.17) is 0 Å². The third kappa shape index (κ3) is 3.61. The van der Waals surface area contributed by atoms with E-state index in [1.54, 1.807) is 18.0 Å². The number of fused-ring (bicyclic) bond motifs is 1. The number of aromatic nitrogens is 4. The van der Waals surface area contributed by atoms with Gasteiger partial charge in [0.05, 0.1) is 28.6 Å². The smallest absolute Gasteiger partial charge is 0.269 e. The molecule has 0 saturated carbocycles. The molecule has 1 amide bonds. The molecule has 152 valence electrons. The van der Waals surface area contributed by atoms with Gasteiger partial charge < -0.3 is 4.90 Å². The zero-order valence-electron chi connectivity index (χ0n) is 17.2. The molecule has 7 heteroatoms. The number of nitrogens with zero attached hydrogens (tertiary/aromatic N) is 5. The zero-order valence-corrected chi connectivity index (χ0v) is 17.2. The summed E-state index contributed by atoms with van der Waals surface area (Å²) in [6, 6.07) is 17.2. The van der Waals surface area contributed by atoms with Crippen LogP contribution in [0.2, 0.25) is 0 Å². The quantitative estimate of drug-likeness (QED) is 0.515. The molecule has 30 heavy (non-hydrogen) atoms. The summed E-state index contributed by atoms with van der Waals surface area (Å²) >= 11 is 0. The predicted molar refractivity (Wildman–Crippen MR) is 116 cm³/mol. The number of amides is 1. The van der Waals surface area contributed by atoms with Gasteiger partial charge in [-0.2, -0.15) is 5.10 Å². The Bertz CT molecular complexity index is 1270. The number of benzene rings is 2. The van der Waals surface area contributed by atoms with Gasteiger partial charge in [0.2, 0.25) is 5.91 Å². The summed E-state index contributed by atoms with van der Waals surface area (Å²) in [5.41, 5.74) is 4.89. The highest BCUT2D eigenvalue weighted by Crippen LogP contribution is 2.19. The van der Waals surface area contributed by atoms with Crippen molar-refractivity contribution in [3.63, 3.8) is 0 Å². The van der Waals surface area contributed by atoms with Crippen LogP contribution in [0.3, 0.4) is 0 Å². The van der Waals surface area contributed by atoms with E-state index in [1.807, 2.05) is 67.1 Å². The predicted octanol–water partition coefficient (Wildman–Crippen LogP) is 2.86. The van der Waals surface area contributed by atoms with Gasteiger partial charge in [0.25, 0.3) is 5.56 Å². The molecule has 2 heterocycles. The minimum Gasteiger partial charge on any atom is -0.340 e. The summed E-state index contributed by atoms with van der Waals surface area (Å²) in [6.07, 6.45) is 1.26. The number of aryl methyl sites for hydroxylation is 1. The number of carbonyl (C=O) groups is 1. The van der Waals surface area contributed by atoms with Crippen molar-refractivity contribution in [2.24, 2.45) is 0 Å². The fourth-order valence-corrected chi connectivity index (χ4v) is 3.58. The van der Waals surface area contributed by atoms with Gasteiger partial charge in [0.1, 0.15) is 6.54 Å². The van der Waals surface area contributed by atoms with Crippen molar-refractivity contribution >= 4 is 16.9 Å². The third-order valence-corrected chi connectivity index (χ3v) is 5.31. The minimum atomic E-state index is -0.292. The van der Waals surface area contributed by atoms with Crippen LogP contribution in [0.15, 0.2) is 65.6 Å². The topological polar surface area (TPSA) is 73.0 Å².